The van der Waals surface area contributed by atoms with E-state index in [2.05, 4.69) is 30.6 Å². The molecule has 4 rings (SSSR count). The molecule has 1 aliphatic carbocycles. The molecule has 8 nitrogen and oxygen atoms in total. The van der Waals surface area contributed by atoms with E-state index in [1.54, 1.807) is 24.5 Å². The van der Waals surface area contributed by atoms with Gasteiger partial charge in [-0.3, -0.25) is 9.78 Å². The first-order valence-corrected chi connectivity index (χ1v) is 9.68. The number of nitrogens with one attached hydrogen (secondary N) is 2. The van der Waals surface area contributed by atoms with Crippen LogP contribution in [-0.2, 0) is 4.79 Å². The van der Waals surface area contributed by atoms with Crippen LogP contribution in [0.4, 0.5) is 26.2 Å². The first kappa shape index (κ1) is 20.7. The van der Waals surface area contributed by atoms with Crippen LogP contribution >= 0.6 is 0 Å². The second-order valence-electron chi connectivity index (χ2n) is 7.38. The fourth-order valence-electron chi connectivity index (χ4n) is 2.90. The lowest BCUT2D eigenvalue weighted by Gasteiger charge is -2.10. The molecule has 1 saturated carbocycles. The number of alkyl halides is 2. The Morgan fingerprint density at radius 1 is 1.19 bits per heavy atom. The molecule has 0 radical (unpaired) electrons. The van der Waals surface area contributed by atoms with Crippen molar-refractivity contribution in [2.75, 3.05) is 17.2 Å². The van der Waals surface area contributed by atoms with Crippen LogP contribution in [0.1, 0.15) is 25.0 Å². The first-order valence-electron chi connectivity index (χ1n) is 9.68. The molecule has 3 heterocycles. The Bertz CT molecular complexity index is 1080. The summed E-state index contributed by atoms with van der Waals surface area (Å²) in [6.07, 6.45) is 4.30. The highest BCUT2D eigenvalue weighted by molar-refractivity contribution is 5.94. The molecule has 2 atom stereocenters. The number of hydrogen-bond donors (Lipinski definition) is 3. The zero-order valence-electron chi connectivity index (χ0n) is 16.6. The van der Waals surface area contributed by atoms with E-state index in [9.17, 15) is 18.7 Å². The van der Waals surface area contributed by atoms with Crippen molar-refractivity contribution >= 4 is 23.4 Å². The van der Waals surface area contributed by atoms with Gasteiger partial charge >= 0.3 is 0 Å². The summed E-state index contributed by atoms with van der Waals surface area (Å²) in [6.45, 7) is 1.91. The lowest BCUT2D eigenvalue weighted by atomic mass is 10.1. The van der Waals surface area contributed by atoms with Crippen molar-refractivity contribution in [3.8, 4) is 11.3 Å². The summed E-state index contributed by atoms with van der Waals surface area (Å²) >= 11 is 0. The Hall–Kier alpha value is -3.53. The maximum Gasteiger partial charge on any atom is 0.260 e. The molecule has 3 aromatic rings. The average molecular weight is 426 g/mol. The van der Waals surface area contributed by atoms with Crippen molar-refractivity contribution in [3.05, 3.63) is 54.6 Å². The minimum atomic E-state index is -2.92. The summed E-state index contributed by atoms with van der Waals surface area (Å²) in [5.41, 5.74) is 2.74. The topological polar surface area (TPSA) is 113 Å². The number of amides is 1. The molecule has 10 heteroatoms. The normalized spacial score (nSPS) is 17.6. The summed E-state index contributed by atoms with van der Waals surface area (Å²) in [4.78, 5) is 28.8. The number of aromatic nitrogens is 4. The number of aliphatic hydroxyl groups excluding tert-OH is 1. The molecule has 160 valence electrons. The van der Waals surface area contributed by atoms with E-state index in [0.29, 0.717) is 22.9 Å². The van der Waals surface area contributed by atoms with Crippen LogP contribution in [0.15, 0.2) is 48.9 Å². The van der Waals surface area contributed by atoms with E-state index in [1.807, 2.05) is 19.1 Å². The molecule has 1 aliphatic rings. The van der Waals surface area contributed by atoms with Crippen molar-refractivity contribution in [2.45, 2.75) is 25.2 Å². The fourth-order valence-corrected chi connectivity index (χ4v) is 2.90. The standard InChI is InChI=1S/C21H20F2N6O2/c1-12(11-30)16-4-3-14(10-25-16)27-20-24-7-6-17(28-20)13-2-5-18(26-9-13)29-19(31)15-8-21(15,22)23/h2-7,9-10,12,15,30H,8,11H2,1H3,(H,24,27,28)(H,26,29,31)/t12?,15-/m0/s1. The molecule has 0 saturated heterocycles. The van der Waals surface area contributed by atoms with Crippen molar-refractivity contribution in [3.63, 3.8) is 0 Å². The van der Waals surface area contributed by atoms with Gasteiger partial charge in [0.1, 0.15) is 11.7 Å². The monoisotopic (exact) mass is 426 g/mol. The zero-order valence-corrected chi connectivity index (χ0v) is 16.6. The predicted octanol–water partition coefficient (Wildman–Crippen LogP) is 3.37. The Morgan fingerprint density at radius 3 is 2.61 bits per heavy atom. The maximum atomic E-state index is 13.0. The van der Waals surface area contributed by atoms with Gasteiger partial charge in [-0.2, -0.15) is 0 Å². The molecule has 0 spiro atoms. The van der Waals surface area contributed by atoms with E-state index in [1.165, 1.54) is 12.3 Å². The smallest absolute Gasteiger partial charge is 0.260 e. The van der Waals surface area contributed by atoms with Gasteiger partial charge in [0.2, 0.25) is 11.9 Å². The Kier molecular flexibility index (Phi) is 5.55. The van der Waals surface area contributed by atoms with Crippen LogP contribution in [0, 0.1) is 5.92 Å². The second-order valence-corrected chi connectivity index (χ2v) is 7.38. The second kappa shape index (κ2) is 8.31. The zero-order chi connectivity index (χ0) is 22.0. The van der Waals surface area contributed by atoms with Gasteiger partial charge in [0.15, 0.2) is 0 Å². The van der Waals surface area contributed by atoms with Gasteiger partial charge in [-0.15, -0.1) is 0 Å². The third-order valence-electron chi connectivity index (χ3n) is 4.93. The van der Waals surface area contributed by atoms with Crippen molar-refractivity contribution in [2.24, 2.45) is 5.92 Å². The lowest BCUT2D eigenvalue weighted by Crippen LogP contribution is -2.18. The van der Waals surface area contributed by atoms with Crippen molar-refractivity contribution in [1.29, 1.82) is 0 Å². The summed E-state index contributed by atoms with van der Waals surface area (Å²) in [5, 5.41) is 14.7. The summed E-state index contributed by atoms with van der Waals surface area (Å²) in [5.74, 6) is -4.41. The largest absolute Gasteiger partial charge is 0.396 e. The molecule has 3 N–H and O–H groups in total. The molecule has 0 aliphatic heterocycles. The molecular weight excluding hydrogens is 406 g/mol. The van der Waals surface area contributed by atoms with E-state index in [4.69, 9.17) is 0 Å². The van der Waals surface area contributed by atoms with Gasteiger partial charge in [0.25, 0.3) is 5.92 Å². The third-order valence-corrected chi connectivity index (χ3v) is 4.93. The summed E-state index contributed by atoms with van der Waals surface area (Å²) < 4.78 is 26.0. The van der Waals surface area contributed by atoms with Crippen LogP contribution in [0.3, 0.4) is 0 Å². The maximum absolute atomic E-state index is 13.0. The van der Waals surface area contributed by atoms with Crippen LogP contribution in [0.25, 0.3) is 11.3 Å². The quantitative estimate of drug-likeness (QED) is 0.531. The van der Waals surface area contributed by atoms with Crippen molar-refractivity contribution < 1.29 is 18.7 Å². The first-order chi connectivity index (χ1) is 14.9. The Morgan fingerprint density at radius 2 is 2.00 bits per heavy atom. The van der Waals surface area contributed by atoms with E-state index < -0.39 is 24.2 Å². The van der Waals surface area contributed by atoms with Crippen LogP contribution < -0.4 is 10.6 Å². The van der Waals surface area contributed by atoms with E-state index in [0.717, 1.165) is 5.69 Å². The number of nitrogens with zero attached hydrogens (tertiary/aromatic N) is 4. The number of hydrogen-bond acceptors (Lipinski definition) is 7. The predicted molar refractivity (Wildman–Crippen MR) is 110 cm³/mol. The molecule has 1 amide bonds. The van der Waals surface area contributed by atoms with Gasteiger partial charge < -0.3 is 15.7 Å². The number of anilines is 3. The number of rotatable bonds is 7. The Labute approximate surface area is 176 Å². The molecule has 31 heavy (non-hydrogen) atoms. The van der Waals surface area contributed by atoms with Gasteiger partial charge in [-0.1, -0.05) is 6.92 Å². The van der Waals surface area contributed by atoms with Gasteiger partial charge in [0.05, 0.1) is 24.2 Å². The van der Waals surface area contributed by atoms with E-state index in [-0.39, 0.29) is 18.3 Å². The van der Waals surface area contributed by atoms with Crippen LogP contribution in [-0.4, -0.2) is 43.5 Å². The average Bonchev–Trinajstić information content (AvgIpc) is 3.43. The number of carbonyl (C=O) groups is 1. The number of aliphatic hydroxyl groups is 1. The fraction of sp³-hybridized carbons (Fsp3) is 0.286. The molecule has 0 aromatic carbocycles. The number of halogens is 2. The molecule has 1 fully saturated rings. The molecular formula is C21H20F2N6O2. The van der Waals surface area contributed by atoms with Gasteiger partial charge in [0, 0.05) is 36.0 Å². The SMILES string of the molecule is CC(CO)c1ccc(Nc2nccc(-c3ccc(NC(=O)[C@@H]4CC4(F)F)nc3)n2)cn1. The van der Waals surface area contributed by atoms with Gasteiger partial charge in [-0.05, 0) is 30.3 Å². The summed E-state index contributed by atoms with van der Waals surface area (Å²) in [6, 6.07) is 8.57. The lowest BCUT2D eigenvalue weighted by molar-refractivity contribution is -0.119. The minimum Gasteiger partial charge on any atom is -0.396 e. The molecule has 1 unspecified atom stereocenters. The van der Waals surface area contributed by atoms with Gasteiger partial charge in [-0.25, -0.2) is 23.7 Å². The highest BCUT2D eigenvalue weighted by Crippen LogP contribution is 2.49. The highest BCUT2D eigenvalue weighted by atomic mass is 19.3. The summed E-state index contributed by atoms with van der Waals surface area (Å²) in [7, 11) is 0. The van der Waals surface area contributed by atoms with Crippen LogP contribution in [0.5, 0.6) is 0 Å². The van der Waals surface area contributed by atoms with Crippen molar-refractivity contribution in [1.82, 2.24) is 19.9 Å². The highest BCUT2D eigenvalue weighted by Gasteiger charge is 2.61. The third kappa shape index (κ3) is 4.80. The molecule has 0 bridgehead atoms. The molecule has 3 aromatic heterocycles. The van der Waals surface area contributed by atoms with E-state index >= 15 is 0 Å². The minimum absolute atomic E-state index is 0.0223. The number of carbonyl (C=O) groups excluding carboxylic acids is 1. The Balaban J connectivity index is 1.42. The number of pyridine rings is 2. The van der Waals surface area contributed by atoms with Crippen LogP contribution in [0.2, 0.25) is 0 Å².